The van der Waals surface area contributed by atoms with Gasteiger partial charge in [0.05, 0.1) is 12.7 Å². The second-order valence-electron chi connectivity index (χ2n) is 5.99. The van der Waals surface area contributed by atoms with Crippen LogP contribution in [0.25, 0.3) is 22.2 Å². The zero-order valence-electron chi connectivity index (χ0n) is 14.3. The molecule has 6 heteroatoms. The number of ether oxygens (including phenoxy) is 1. The van der Waals surface area contributed by atoms with Gasteiger partial charge in [-0.05, 0) is 24.6 Å². The van der Waals surface area contributed by atoms with Crippen LogP contribution >= 0.6 is 0 Å². The predicted molar refractivity (Wildman–Crippen MR) is 98.2 cm³/mol. The molecule has 6 nitrogen and oxygen atoms in total. The minimum atomic E-state index is -0.358. The summed E-state index contributed by atoms with van der Waals surface area (Å²) < 4.78 is 12.7. The third-order valence-corrected chi connectivity index (χ3v) is 4.12. The first-order chi connectivity index (χ1) is 12.7. The summed E-state index contributed by atoms with van der Waals surface area (Å²) >= 11 is 0. The van der Waals surface area contributed by atoms with Gasteiger partial charge in [0.15, 0.2) is 0 Å². The summed E-state index contributed by atoms with van der Waals surface area (Å²) in [7, 11) is 0. The van der Waals surface area contributed by atoms with Gasteiger partial charge < -0.3 is 9.15 Å². The Morgan fingerprint density at radius 3 is 2.81 bits per heavy atom. The van der Waals surface area contributed by atoms with Gasteiger partial charge in [-0.1, -0.05) is 35.5 Å². The fraction of sp³-hybridized carbons (Fsp3) is 0.150. The summed E-state index contributed by atoms with van der Waals surface area (Å²) in [6.45, 7) is 2.88. The average Bonchev–Trinajstić information content (AvgIpc) is 3.11. The fourth-order valence-electron chi connectivity index (χ4n) is 2.80. The zero-order chi connectivity index (χ0) is 17.9. The van der Waals surface area contributed by atoms with E-state index in [1.54, 1.807) is 10.7 Å². The standard InChI is InChI=1S/C20H17N3O3/c1-14-11-20(24)26-19-12-16(7-8-17(14)19)25-10-9-23-13-18(21-22-23)15-5-3-2-4-6-15/h2-8,11-13H,9-10H2,1H3. The lowest BCUT2D eigenvalue weighted by molar-refractivity contribution is 0.289. The van der Waals surface area contributed by atoms with Gasteiger partial charge in [0.1, 0.15) is 23.6 Å². The maximum absolute atomic E-state index is 11.5. The Morgan fingerprint density at radius 1 is 1.12 bits per heavy atom. The van der Waals surface area contributed by atoms with Crippen molar-refractivity contribution >= 4 is 11.0 Å². The second kappa shape index (κ2) is 6.84. The molecular weight excluding hydrogens is 330 g/mol. The summed E-state index contributed by atoms with van der Waals surface area (Å²) in [6, 6.07) is 16.9. The van der Waals surface area contributed by atoms with Crippen LogP contribution in [0.5, 0.6) is 5.75 Å². The summed E-state index contributed by atoms with van der Waals surface area (Å²) in [4.78, 5) is 11.5. The molecule has 0 radical (unpaired) electrons. The van der Waals surface area contributed by atoms with E-state index in [-0.39, 0.29) is 5.63 Å². The summed E-state index contributed by atoms with van der Waals surface area (Å²) in [5, 5.41) is 9.21. The molecule has 0 amide bonds. The zero-order valence-corrected chi connectivity index (χ0v) is 14.3. The first kappa shape index (κ1) is 16.1. The van der Waals surface area contributed by atoms with Crippen LogP contribution in [0.3, 0.4) is 0 Å². The monoisotopic (exact) mass is 347 g/mol. The number of hydrogen-bond donors (Lipinski definition) is 0. The Hall–Kier alpha value is -3.41. The van der Waals surface area contributed by atoms with Gasteiger partial charge in [-0.15, -0.1) is 5.10 Å². The van der Waals surface area contributed by atoms with Gasteiger partial charge in [-0.2, -0.15) is 0 Å². The Morgan fingerprint density at radius 2 is 1.96 bits per heavy atom. The molecule has 0 fully saturated rings. The fourth-order valence-corrected chi connectivity index (χ4v) is 2.80. The third kappa shape index (κ3) is 3.35. The number of hydrogen-bond acceptors (Lipinski definition) is 5. The molecule has 2 aromatic carbocycles. The smallest absolute Gasteiger partial charge is 0.336 e. The van der Waals surface area contributed by atoms with Gasteiger partial charge in [0.25, 0.3) is 0 Å². The number of fused-ring (bicyclic) bond motifs is 1. The number of aryl methyl sites for hydroxylation is 1. The quantitative estimate of drug-likeness (QED) is 0.517. The first-order valence-corrected chi connectivity index (χ1v) is 8.32. The number of benzene rings is 2. The molecule has 4 rings (SSSR count). The van der Waals surface area contributed by atoms with E-state index < -0.39 is 0 Å². The molecule has 0 unspecified atom stereocenters. The lowest BCUT2D eigenvalue weighted by atomic mass is 10.1. The van der Waals surface area contributed by atoms with Gasteiger partial charge in [-0.3, -0.25) is 0 Å². The Balaban J connectivity index is 1.43. The maximum Gasteiger partial charge on any atom is 0.336 e. The highest BCUT2D eigenvalue weighted by Gasteiger charge is 2.06. The van der Waals surface area contributed by atoms with Gasteiger partial charge in [0, 0.05) is 23.1 Å². The van der Waals surface area contributed by atoms with E-state index in [0.29, 0.717) is 24.5 Å². The van der Waals surface area contributed by atoms with E-state index >= 15 is 0 Å². The van der Waals surface area contributed by atoms with Crippen LogP contribution in [0.1, 0.15) is 5.56 Å². The lowest BCUT2D eigenvalue weighted by Gasteiger charge is -2.07. The Kier molecular flexibility index (Phi) is 4.23. The van der Waals surface area contributed by atoms with Crippen LogP contribution in [-0.4, -0.2) is 21.6 Å². The molecule has 26 heavy (non-hydrogen) atoms. The lowest BCUT2D eigenvalue weighted by Crippen LogP contribution is -2.08. The minimum Gasteiger partial charge on any atom is -0.492 e. The highest BCUT2D eigenvalue weighted by Crippen LogP contribution is 2.22. The maximum atomic E-state index is 11.5. The molecular formula is C20H17N3O3. The van der Waals surface area contributed by atoms with Gasteiger partial charge in [-0.25, -0.2) is 9.48 Å². The second-order valence-corrected chi connectivity index (χ2v) is 5.99. The third-order valence-electron chi connectivity index (χ3n) is 4.12. The molecule has 0 bridgehead atoms. The van der Waals surface area contributed by atoms with Crippen molar-refractivity contribution in [3.8, 4) is 17.0 Å². The van der Waals surface area contributed by atoms with Gasteiger partial charge in [0.2, 0.25) is 0 Å². The van der Waals surface area contributed by atoms with Crippen molar-refractivity contribution in [3.05, 3.63) is 76.8 Å². The van der Waals surface area contributed by atoms with Crippen LogP contribution in [0, 0.1) is 6.92 Å². The van der Waals surface area contributed by atoms with E-state index in [1.165, 1.54) is 6.07 Å². The molecule has 4 aromatic rings. The highest BCUT2D eigenvalue weighted by atomic mass is 16.5. The Bertz CT molecular complexity index is 1100. The average molecular weight is 347 g/mol. The van der Waals surface area contributed by atoms with Crippen molar-refractivity contribution < 1.29 is 9.15 Å². The van der Waals surface area contributed by atoms with Crippen molar-refractivity contribution in [1.82, 2.24) is 15.0 Å². The first-order valence-electron chi connectivity index (χ1n) is 8.32. The van der Waals surface area contributed by atoms with E-state index in [4.69, 9.17) is 9.15 Å². The van der Waals surface area contributed by atoms with E-state index in [9.17, 15) is 4.79 Å². The van der Waals surface area contributed by atoms with E-state index in [1.807, 2.05) is 55.6 Å². The van der Waals surface area contributed by atoms with Crippen LogP contribution in [0.15, 0.2) is 70.0 Å². The normalized spacial score (nSPS) is 11.0. The SMILES string of the molecule is Cc1cc(=O)oc2cc(OCCn3cc(-c4ccccc4)nn3)ccc12. The molecule has 0 atom stereocenters. The van der Waals surface area contributed by atoms with E-state index in [2.05, 4.69) is 10.3 Å². The predicted octanol–water partition coefficient (Wildman–Crippen LogP) is 3.44. The van der Waals surface area contributed by atoms with E-state index in [0.717, 1.165) is 22.2 Å². The van der Waals surface area contributed by atoms with Crippen LogP contribution < -0.4 is 10.4 Å². The van der Waals surface area contributed by atoms with Crippen molar-refractivity contribution in [2.45, 2.75) is 13.5 Å². The van der Waals surface area contributed by atoms with Crippen molar-refractivity contribution in [3.63, 3.8) is 0 Å². The number of aromatic nitrogens is 3. The highest BCUT2D eigenvalue weighted by molar-refractivity contribution is 5.81. The summed E-state index contributed by atoms with van der Waals surface area (Å²) in [5.74, 6) is 0.648. The van der Waals surface area contributed by atoms with Crippen molar-refractivity contribution in [2.24, 2.45) is 0 Å². The summed E-state index contributed by atoms with van der Waals surface area (Å²) in [6.07, 6.45) is 1.89. The molecule has 0 aliphatic carbocycles. The number of nitrogens with zero attached hydrogens (tertiary/aromatic N) is 3. The van der Waals surface area contributed by atoms with Gasteiger partial charge >= 0.3 is 5.63 Å². The molecule has 2 aromatic heterocycles. The van der Waals surface area contributed by atoms with Crippen molar-refractivity contribution in [2.75, 3.05) is 6.61 Å². The topological polar surface area (TPSA) is 70.2 Å². The van der Waals surface area contributed by atoms with Crippen molar-refractivity contribution in [1.29, 1.82) is 0 Å². The molecule has 0 N–H and O–H groups in total. The van der Waals surface area contributed by atoms with Crippen LogP contribution in [-0.2, 0) is 6.54 Å². The molecule has 0 aliphatic rings. The number of rotatable bonds is 5. The van der Waals surface area contributed by atoms with Crippen LogP contribution in [0.2, 0.25) is 0 Å². The molecule has 0 saturated carbocycles. The molecule has 0 spiro atoms. The molecule has 2 heterocycles. The molecule has 0 aliphatic heterocycles. The van der Waals surface area contributed by atoms with Crippen LogP contribution in [0.4, 0.5) is 0 Å². The minimum absolute atomic E-state index is 0.358. The largest absolute Gasteiger partial charge is 0.492 e. The summed E-state index contributed by atoms with van der Waals surface area (Å²) in [5.41, 5.74) is 2.91. The molecule has 0 saturated heterocycles. The molecule has 130 valence electrons. The Labute approximate surface area is 149 Å².